The van der Waals surface area contributed by atoms with E-state index in [2.05, 4.69) is 5.09 Å². The highest BCUT2D eigenvalue weighted by Crippen LogP contribution is 2.49. The Morgan fingerprint density at radius 3 is 2.50 bits per heavy atom. The molecule has 0 bridgehead atoms. The molecule has 0 saturated carbocycles. The topological polar surface area (TPSA) is 180 Å². The number of benzene rings is 2. The van der Waals surface area contributed by atoms with Crippen LogP contribution in [0.15, 0.2) is 69.1 Å². The SMILES string of the molecule is CC(C)OC(=O)[C@H](C)NP(=O)(OC[C@H]1O[C@@H](n2ccc(=O)[nH]c2=O)[C@](C)(F)[C@@H]1O)Oc1cccc2c1c1ccccc1c(=O)n2C. The van der Waals surface area contributed by atoms with Crippen molar-refractivity contribution in [3.63, 3.8) is 0 Å². The van der Waals surface area contributed by atoms with Gasteiger partial charge in [0.05, 0.1) is 18.2 Å². The van der Waals surface area contributed by atoms with Crippen LogP contribution in [-0.2, 0) is 30.4 Å². The molecule has 0 radical (unpaired) electrons. The molecular weight excluding hydrogens is 626 g/mol. The van der Waals surface area contributed by atoms with Crippen LogP contribution in [0.1, 0.15) is 33.9 Å². The number of halogens is 1. The highest BCUT2D eigenvalue weighted by molar-refractivity contribution is 7.52. The van der Waals surface area contributed by atoms with Gasteiger partial charge in [-0.05, 0) is 45.9 Å². The predicted molar refractivity (Wildman–Crippen MR) is 165 cm³/mol. The fourth-order valence-corrected chi connectivity index (χ4v) is 6.82. The fourth-order valence-electron chi connectivity index (χ4n) is 5.30. The summed E-state index contributed by atoms with van der Waals surface area (Å²) in [7, 11) is -3.02. The van der Waals surface area contributed by atoms with Crippen LogP contribution < -0.4 is 26.4 Å². The van der Waals surface area contributed by atoms with Gasteiger partial charge in [0, 0.05) is 35.5 Å². The lowest BCUT2D eigenvalue weighted by atomic mass is 9.98. The second kappa shape index (κ2) is 12.6. The van der Waals surface area contributed by atoms with Crippen molar-refractivity contribution < 1.29 is 37.4 Å². The Balaban J connectivity index is 1.51. The number of aliphatic hydroxyl groups excluding tert-OH is 1. The van der Waals surface area contributed by atoms with E-state index >= 15 is 4.39 Å². The van der Waals surface area contributed by atoms with Crippen LogP contribution in [0.5, 0.6) is 5.75 Å². The lowest BCUT2D eigenvalue weighted by molar-refractivity contribution is -0.149. The number of carbonyl (C=O) groups is 1. The van der Waals surface area contributed by atoms with Crippen molar-refractivity contribution in [3.8, 4) is 5.75 Å². The molecule has 6 atom stereocenters. The second-order valence-corrected chi connectivity index (χ2v) is 13.1. The first-order valence-corrected chi connectivity index (χ1v) is 15.9. The molecule has 0 aliphatic carbocycles. The van der Waals surface area contributed by atoms with Crippen LogP contribution >= 0.6 is 7.75 Å². The molecule has 1 aliphatic rings. The van der Waals surface area contributed by atoms with Crippen molar-refractivity contribution in [2.24, 2.45) is 7.05 Å². The molecule has 14 nitrogen and oxygen atoms in total. The zero-order valence-corrected chi connectivity index (χ0v) is 26.5. The Bertz CT molecular complexity index is 2020. The third-order valence-electron chi connectivity index (χ3n) is 7.60. The molecule has 1 aliphatic heterocycles. The van der Waals surface area contributed by atoms with Gasteiger partial charge in [0.25, 0.3) is 11.1 Å². The third kappa shape index (κ3) is 6.29. The van der Waals surface area contributed by atoms with Crippen LogP contribution in [-0.4, -0.2) is 61.8 Å². The molecule has 2 aromatic heterocycles. The number of aryl methyl sites for hydroxylation is 1. The Kier molecular flexibility index (Phi) is 9.08. The largest absolute Gasteiger partial charge is 0.462 e. The average Bonchev–Trinajstić information content (AvgIpc) is 3.22. The van der Waals surface area contributed by atoms with Crippen molar-refractivity contribution >= 4 is 35.4 Å². The number of alkyl halides is 1. The van der Waals surface area contributed by atoms with Gasteiger partial charge in [-0.25, -0.2) is 13.8 Å². The molecule has 5 rings (SSSR count). The molecule has 46 heavy (non-hydrogen) atoms. The van der Waals surface area contributed by atoms with Crippen LogP contribution in [0.4, 0.5) is 4.39 Å². The maximum absolute atomic E-state index is 15.8. The minimum absolute atomic E-state index is 0.0328. The standard InChI is InChI=1S/C30H34FN4O10P/c1-16(2)43-27(39)17(3)33-46(41,42-15-22-25(37)30(4,31)28(44-22)35-14-13-23(36)32-29(35)40)45-21-12-8-11-20-24(21)18-9-6-7-10-19(18)26(38)34(20)5/h6-14,16-17,22,25,28,37H,15H2,1-5H3,(H,33,41)(H,32,36,40)/t17-,22+,25+,28+,30+,46?/m0/s1. The minimum atomic E-state index is -4.60. The summed E-state index contributed by atoms with van der Waals surface area (Å²) >= 11 is 0. The maximum atomic E-state index is 15.8. The number of H-pyrrole nitrogens is 1. The highest BCUT2D eigenvalue weighted by atomic mass is 31.2. The number of hydrogen-bond donors (Lipinski definition) is 3. The second-order valence-electron chi connectivity index (χ2n) is 11.4. The Morgan fingerprint density at radius 2 is 1.83 bits per heavy atom. The van der Waals surface area contributed by atoms with Crippen molar-refractivity contribution in [1.82, 2.24) is 19.2 Å². The summed E-state index contributed by atoms with van der Waals surface area (Å²) < 4.78 is 55.0. The zero-order chi connectivity index (χ0) is 33.6. The summed E-state index contributed by atoms with van der Waals surface area (Å²) in [6, 6.07) is 11.3. The summed E-state index contributed by atoms with van der Waals surface area (Å²) in [4.78, 5) is 51.6. The van der Waals surface area contributed by atoms with Crippen LogP contribution in [0.25, 0.3) is 21.7 Å². The summed E-state index contributed by atoms with van der Waals surface area (Å²) in [6.45, 7) is 4.93. The molecule has 3 N–H and O–H groups in total. The summed E-state index contributed by atoms with van der Waals surface area (Å²) in [6.07, 6.45) is -4.51. The van der Waals surface area contributed by atoms with Crippen molar-refractivity contribution in [2.75, 3.05) is 6.61 Å². The number of nitrogens with one attached hydrogen (secondary N) is 2. The van der Waals surface area contributed by atoms with Gasteiger partial charge in [0.2, 0.25) is 0 Å². The van der Waals surface area contributed by atoms with E-state index in [0.29, 0.717) is 21.7 Å². The molecule has 0 spiro atoms. The van der Waals surface area contributed by atoms with E-state index in [-0.39, 0.29) is 11.3 Å². The molecule has 246 valence electrons. The van der Waals surface area contributed by atoms with Gasteiger partial charge < -0.3 is 23.7 Å². The predicted octanol–water partition coefficient (Wildman–Crippen LogP) is 2.66. The number of aliphatic hydroxyl groups is 1. The monoisotopic (exact) mass is 660 g/mol. The van der Waals surface area contributed by atoms with E-state index in [0.717, 1.165) is 23.8 Å². The van der Waals surface area contributed by atoms with Crippen molar-refractivity contribution in [3.05, 3.63) is 85.9 Å². The van der Waals surface area contributed by atoms with E-state index < -0.39 is 67.8 Å². The first-order valence-electron chi connectivity index (χ1n) is 14.4. The van der Waals surface area contributed by atoms with Crippen LogP contribution in [0, 0.1) is 0 Å². The van der Waals surface area contributed by atoms with E-state index in [9.17, 15) is 28.8 Å². The number of esters is 1. The number of pyridine rings is 1. The van der Waals surface area contributed by atoms with Gasteiger partial charge >= 0.3 is 19.4 Å². The van der Waals surface area contributed by atoms with Crippen LogP contribution in [0.2, 0.25) is 0 Å². The fraction of sp³-hybridized carbons (Fsp3) is 0.400. The lowest BCUT2D eigenvalue weighted by Gasteiger charge is -2.26. The van der Waals surface area contributed by atoms with Gasteiger partial charge in [-0.2, -0.15) is 5.09 Å². The number of carbonyl (C=O) groups excluding carboxylic acids is 1. The van der Waals surface area contributed by atoms with Crippen molar-refractivity contribution in [2.45, 2.75) is 63.9 Å². The maximum Gasteiger partial charge on any atom is 0.459 e. The molecular formula is C30H34FN4O10P. The normalized spacial score (nSPS) is 23.4. The average molecular weight is 661 g/mol. The van der Waals surface area contributed by atoms with Crippen LogP contribution in [0.3, 0.4) is 0 Å². The summed E-state index contributed by atoms with van der Waals surface area (Å²) in [5.74, 6) is -0.732. The minimum Gasteiger partial charge on any atom is -0.462 e. The summed E-state index contributed by atoms with van der Waals surface area (Å²) in [5.41, 5.74) is -4.04. The molecule has 16 heteroatoms. The van der Waals surface area contributed by atoms with Gasteiger partial charge in [-0.3, -0.25) is 28.5 Å². The number of aromatic amines is 1. The Labute approximate surface area is 261 Å². The molecule has 2 aromatic carbocycles. The Hall–Kier alpha value is -4.14. The lowest BCUT2D eigenvalue weighted by Crippen LogP contribution is -2.43. The number of ether oxygens (including phenoxy) is 2. The van der Waals surface area contributed by atoms with E-state index in [1.165, 1.54) is 17.6 Å². The molecule has 1 unspecified atom stereocenters. The molecule has 4 aromatic rings. The first-order chi connectivity index (χ1) is 21.6. The quantitative estimate of drug-likeness (QED) is 0.129. The van der Waals surface area contributed by atoms with Gasteiger partial charge in [-0.1, -0.05) is 24.3 Å². The molecule has 1 saturated heterocycles. The molecule has 0 amide bonds. The molecule has 1 fully saturated rings. The van der Waals surface area contributed by atoms with Crippen molar-refractivity contribution in [1.29, 1.82) is 0 Å². The van der Waals surface area contributed by atoms with Gasteiger partial charge in [-0.15, -0.1) is 0 Å². The number of nitrogens with zero attached hydrogens (tertiary/aromatic N) is 2. The Morgan fingerprint density at radius 1 is 1.13 bits per heavy atom. The van der Waals surface area contributed by atoms with E-state index in [4.69, 9.17) is 18.5 Å². The number of aromatic nitrogens is 3. The van der Waals surface area contributed by atoms with E-state index in [1.807, 2.05) is 4.98 Å². The molecule has 3 heterocycles. The number of hydrogen-bond acceptors (Lipinski definition) is 10. The van der Waals surface area contributed by atoms with Gasteiger partial charge in [0.1, 0.15) is 24.0 Å². The number of rotatable bonds is 10. The zero-order valence-electron chi connectivity index (χ0n) is 25.6. The highest BCUT2D eigenvalue weighted by Gasteiger charge is 2.56. The van der Waals surface area contributed by atoms with E-state index in [1.54, 1.807) is 57.3 Å². The first kappa shape index (κ1) is 33.2. The summed E-state index contributed by atoms with van der Waals surface area (Å²) in [5, 5.41) is 14.7. The third-order valence-corrected chi connectivity index (χ3v) is 9.23. The number of fused-ring (bicyclic) bond motifs is 3. The smallest absolute Gasteiger partial charge is 0.459 e. The van der Waals surface area contributed by atoms with Gasteiger partial charge in [0.15, 0.2) is 11.9 Å².